The highest BCUT2D eigenvalue weighted by molar-refractivity contribution is 6.31. The van der Waals surface area contributed by atoms with Crippen molar-refractivity contribution < 1.29 is 9.72 Å². The fourth-order valence-corrected chi connectivity index (χ4v) is 1.65. The lowest BCUT2D eigenvalue weighted by atomic mass is 10.1. The van der Waals surface area contributed by atoms with E-state index in [0.29, 0.717) is 5.69 Å². The van der Waals surface area contributed by atoms with Crippen LogP contribution in [0.4, 0.5) is 11.4 Å². The molecule has 0 aliphatic heterocycles. The summed E-state index contributed by atoms with van der Waals surface area (Å²) in [6, 6.07) is 7.05. The molecule has 0 radical (unpaired) electrons. The number of nitro groups is 1. The lowest BCUT2D eigenvalue weighted by molar-refractivity contribution is -0.385. The maximum absolute atomic E-state index is 12.0. The summed E-state index contributed by atoms with van der Waals surface area (Å²) in [5.74, 6) is -0.574. The molecule has 19 heavy (non-hydrogen) atoms. The van der Waals surface area contributed by atoms with Crippen molar-refractivity contribution in [3.8, 4) is 0 Å². The van der Waals surface area contributed by atoms with Crippen LogP contribution in [-0.4, -0.2) is 15.8 Å². The van der Waals surface area contributed by atoms with Crippen LogP contribution in [0, 0.1) is 10.1 Å². The highest BCUT2D eigenvalue weighted by Crippen LogP contribution is 2.24. The molecule has 1 aromatic carbocycles. The molecule has 0 saturated carbocycles. The molecule has 1 heterocycles. The number of hydrogen-bond donors (Lipinski definition) is 1. The zero-order chi connectivity index (χ0) is 13.8. The molecule has 0 aliphatic rings. The molecule has 2 aromatic rings. The number of nitro benzene ring substituents is 1. The maximum atomic E-state index is 12.0. The van der Waals surface area contributed by atoms with Crippen LogP contribution in [0.5, 0.6) is 0 Å². The van der Waals surface area contributed by atoms with Gasteiger partial charge in [-0.1, -0.05) is 11.6 Å². The summed E-state index contributed by atoms with van der Waals surface area (Å²) in [6.07, 6.45) is 3.01. The number of benzene rings is 1. The molecule has 0 unspecified atom stereocenters. The molecule has 0 atom stereocenters. The van der Waals surface area contributed by atoms with Gasteiger partial charge in [0.1, 0.15) is 5.56 Å². The summed E-state index contributed by atoms with van der Waals surface area (Å²) < 4.78 is 0. The molecule has 0 aliphatic carbocycles. The van der Waals surface area contributed by atoms with Crippen LogP contribution in [-0.2, 0) is 0 Å². The summed E-state index contributed by atoms with van der Waals surface area (Å²) in [5, 5.41) is 13.6. The molecular weight excluding hydrogens is 270 g/mol. The smallest absolute Gasteiger partial charge is 0.283 e. The van der Waals surface area contributed by atoms with Gasteiger partial charge in [-0.05, 0) is 24.3 Å². The Hall–Kier alpha value is -2.47. The highest BCUT2D eigenvalue weighted by atomic mass is 35.5. The van der Waals surface area contributed by atoms with Crippen LogP contribution in [0.25, 0.3) is 0 Å². The van der Waals surface area contributed by atoms with Crippen molar-refractivity contribution in [3.05, 3.63) is 63.4 Å². The van der Waals surface area contributed by atoms with Gasteiger partial charge in [0.05, 0.1) is 4.92 Å². The van der Waals surface area contributed by atoms with Crippen molar-refractivity contribution in [2.45, 2.75) is 0 Å². The van der Waals surface area contributed by atoms with Gasteiger partial charge in [0.25, 0.3) is 11.6 Å². The second-order valence-electron chi connectivity index (χ2n) is 3.61. The van der Waals surface area contributed by atoms with Crippen LogP contribution in [0.1, 0.15) is 10.4 Å². The van der Waals surface area contributed by atoms with E-state index in [1.54, 1.807) is 12.1 Å². The largest absolute Gasteiger partial charge is 0.322 e. The number of aromatic nitrogens is 1. The number of hydrogen-bond acceptors (Lipinski definition) is 4. The summed E-state index contributed by atoms with van der Waals surface area (Å²) >= 11 is 5.68. The summed E-state index contributed by atoms with van der Waals surface area (Å²) in [6.45, 7) is 0. The quantitative estimate of drug-likeness (QED) is 0.690. The topological polar surface area (TPSA) is 85.1 Å². The van der Waals surface area contributed by atoms with Gasteiger partial charge in [0.15, 0.2) is 0 Å². The molecule has 1 amide bonds. The highest BCUT2D eigenvalue weighted by Gasteiger charge is 2.20. The van der Waals surface area contributed by atoms with Gasteiger partial charge in [-0.2, -0.15) is 0 Å². The third kappa shape index (κ3) is 3.05. The first-order chi connectivity index (χ1) is 9.08. The van der Waals surface area contributed by atoms with Crippen LogP contribution in [0.2, 0.25) is 5.02 Å². The van der Waals surface area contributed by atoms with Crippen LogP contribution in [0.15, 0.2) is 42.7 Å². The monoisotopic (exact) mass is 277 g/mol. The summed E-state index contributed by atoms with van der Waals surface area (Å²) in [4.78, 5) is 26.0. The molecule has 1 N–H and O–H groups in total. The van der Waals surface area contributed by atoms with Crippen LogP contribution >= 0.6 is 11.6 Å². The number of rotatable bonds is 3. The van der Waals surface area contributed by atoms with Gasteiger partial charge in [-0.3, -0.25) is 19.9 Å². The van der Waals surface area contributed by atoms with Gasteiger partial charge in [-0.15, -0.1) is 0 Å². The number of carbonyl (C=O) groups excluding carboxylic acids is 1. The Balaban J connectivity index is 2.31. The molecule has 96 valence electrons. The van der Waals surface area contributed by atoms with Crippen LogP contribution in [0.3, 0.4) is 0 Å². The number of pyridine rings is 1. The van der Waals surface area contributed by atoms with Gasteiger partial charge in [0.2, 0.25) is 0 Å². The lowest BCUT2D eigenvalue weighted by Gasteiger charge is -2.05. The molecule has 6 nitrogen and oxygen atoms in total. The average Bonchev–Trinajstić information content (AvgIpc) is 2.39. The zero-order valence-corrected chi connectivity index (χ0v) is 10.3. The lowest BCUT2D eigenvalue weighted by Crippen LogP contribution is -2.13. The summed E-state index contributed by atoms with van der Waals surface area (Å²) in [5.41, 5.74) is 0.120. The minimum Gasteiger partial charge on any atom is -0.322 e. The summed E-state index contributed by atoms with van der Waals surface area (Å²) in [7, 11) is 0. The average molecular weight is 278 g/mol. The first kappa shape index (κ1) is 13.0. The van der Waals surface area contributed by atoms with Crippen LogP contribution < -0.4 is 5.32 Å². The second kappa shape index (κ2) is 5.45. The number of anilines is 1. The van der Waals surface area contributed by atoms with Crippen molar-refractivity contribution in [1.29, 1.82) is 0 Å². The Morgan fingerprint density at radius 1 is 1.26 bits per heavy atom. The molecular formula is C12H8ClN3O3. The number of nitrogens with zero attached hydrogens (tertiary/aromatic N) is 2. The molecule has 1 aromatic heterocycles. The molecule has 0 spiro atoms. The molecule has 0 saturated heterocycles. The van der Waals surface area contributed by atoms with E-state index in [2.05, 4.69) is 10.3 Å². The van der Waals surface area contributed by atoms with E-state index in [-0.39, 0.29) is 16.3 Å². The number of carbonyl (C=O) groups is 1. The third-order valence-electron chi connectivity index (χ3n) is 2.34. The Bertz CT molecular complexity index is 631. The second-order valence-corrected chi connectivity index (χ2v) is 4.05. The van der Waals surface area contributed by atoms with E-state index in [9.17, 15) is 14.9 Å². The van der Waals surface area contributed by atoms with Gasteiger partial charge in [0, 0.05) is 29.2 Å². The molecule has 0 fully saturated rings. The van der Waals surface area contributed by atoms with Crippen molar-refractivity contribution in [1.82, 2.24) is 4.98 Å². The molecule has 7 heteroatoms. The van der Waals surface area contributed by atoms with Gasteiger partial charge >= 0.3 is 0 Å². The number of amides is 1. The van der Waals surface area contributed by atoms with E-state index < -0.39 is 10.8 Å². The Kier molecular flexibility index (Phi) is 3.72. The SMILES string of the molecule is O=C(Nc1ccncc1)c1ccc(Cl)cc1[N+](=O)[O-]. The molecule has 2 rings (SSSR count). The van der Waals surface area contributed by atoms with Crippen molar-refractivity contribution in [2.75, 3.05) is 5.32 Å². The van der Waals surface area contributed by atoms with E-state index >= 15 is 0 Å². The minimum atomic E-state index is -0.645. The van der Waals surface area contributed by atoms with E-state index in [1.807, 2.05) is 0 Å². The van der Waals surface area contributed by atoms with Crippen molar-refractivity contribution >= 4 is 28.9 Å². The Labute approximate surface area is 113 Å². The fraction of sp³-hybridized carbons (Fsp3) is 0. The Morgan fingerprint density at radius 3 is 2.58 bits per heavy atom. The standard InChI is InChI=1S/C12H8ClN3O3/c13-8-1-2-10(11(7-8)16(18)19)12(17)15-9-3-5-14-6-4-9/h1-7H,(H,14,15,17). The maximum Gasteiger partial charge on any atom is 0.283 e. The fourth-order valence-electron chi connectivity index (χ4n) is 1.48. The van der Waals surface area contributed by atoms with Gasteiger partial charge in [-0.25, -0.2) is 0 Å². The van der Waals surface area contributed by atoms with Crippen molar-refractivity contribution in [3.63, 3.8) is 0 Å². The predicted octanol–water partition coefficient (Wildman–Crippen LogP) is 2.90. The normalized spacial score (nSPS) is 9.95. The minimum absolute atomic E-state index is 0.0498. The van der Waals surface area contributed by atoms with E-state index in [1.165, 1.54) is 24.5 Å². The van der Waals surface area contributed by atoms with E-state index in [4.69, 9.17) is 11.6 Å². The first-order valence-corrected chi connectivity index (χ1v) is 5.61. The van der Waals surface area contributed by atoms with E-state index in [0.717, 1.165) is 6.07 Å². The molecule has 0 bridgehead atoms. The number of nitrogens with one attached hydrogen (secondary N) is 1. The third-order valence-corrected chi connectivity index (χ3v) is 2.57. The van der Waals surface area contributed by atoms with Gasteiger partial charge < -0.3 is 5.32 Å². The first-order valence-electron chi connectivity index (χ1n) is 5.23. The zero-order valence-electron chi connectivity index (χ0n) is 9.54. The number of halogens is 1. The van der Waals surface area contributed by atoms with Crippen molar-refractivity contribution in [2.24, 2.45) is 0 Å². The predicted molar refractivity (Wildman–Crippen MR) is 70.3 cm³/mol. The Morgan fingerprint density at radius 2 is 1.95 bits per heavy atom.